The van der Waals surface area contributed by atoms with Gasteiger partial charge in [0.25, 0.3) is 0 Å². The highest BCUT2D eigenvalue weighted by atomic mass is 31.2. The Kier molecular flexibility index (Phi) is 11.0. The van der Waals surface area contributed by atoms with E-state index >= 15 is 0 Å². The van der Waals surface area contributed by atoms with Gasteiger partial charge in [0.05, 0.1) is 13.2 Å². The second-order valence-corrected chi connectivity index (χ2v) is 5.86. The summed E-state index contributed by atoms with van der Waals surface area (Å²) in [5.74, 6) is 0. The van der Waals surface area contributed by atoms with Crippen LogP contribution in [-0.4, -0.2) is 87.6 Å². The Bertz CT molecular complexity index is 353. The van der Waals surface area contributed by atoms with Crippen LogP contribution in [0, 0.1) is 0 Å². The molecule has 0 aromatic heterocycles. The maximum absolute atomic E-state index is 10.2. The van der Waals surface area contributed by atoms with Crippen LogP contribution in [0.2, 0.25) is 0 Å². The summed E-state index contributed by atoms with van der Waals surface area (Å²) in [6.45, 7) is -1.77. The molecule has 0 bridgehead atoms. The van der Waals surface area contributed by atoms with Gasteiger partial charge in [0.15, 0.2) is 0 Å². The number of phosphoric ester groups is 1. The molecule has 0 radical (unpaired) electrons. The molecule has 0 unspecified atom stereocenters. The van der Waals surface area contributed by atoms with E-state index in [1.165, 1.54) is 0 Å². The second-order valence-electron chi connectivity index (χ2n) is 3.60. The van der Waals surface area contributed by atoms with Gasteiger partial charge in [-0.2, -0.15) is 0 Å². The molecule has 0 spiro atoms. The lowest BCUT2D eigenvalue weighted by atomic mass is 10.0. The first-order valence-corrected chi connectivity index (χ1v) is 8.10. The monoisotopic (exact) mass is 360 g/mol. The van der Waals surface area contributed by atoms with Crippen molar-refractivity contribution in [1.29, 1.82) is 0 Å². The SMILES string of the molecule is O=P(O)(O)O.O=P(O)(O)OC[C@@H](O)[C@@H](O)[C@H](O)[C@H](O)CO. The normalized spacial score (nSPS) is 18.2. The van der Waals surface area contributed by atoms with E-state index in [2.05, 4.69) is 4.52 Å². The third-order valence-corrected chi connectivity index (χ3v) is 2.22. The minimum absolute atomic E-state index is 0.843. The number of hydrogen-bond donors (Lipinski definition) is 10. The van der Waals surface area contributed by atoms with Gasteiger partial charge in [-0.25, -0.2) is 9.13 Å². The van der Waals surface area contributed by atoms with Gasteiger partial charge in [0.2, 0.25) is 0 Å². The fourth-order valence-corrected chi connectivity index (χ4v) is 1.18. The molecule has 0 aliphatic carbocycles. The summed E-state index contributed by atoms with van der Waals surface area (Å²) in [7, 11) is -9.42. The summed E-state index contributed by atoms with van der Waals surface area (Å²) in [5, 5.41) is 44.8. The minimum atomic E-state index is -4.78. The highest BCUT2D eigenvalue weighted by Gasteiger charge is 2.31. The van der Waals surface area contributed by atoms with Crippen LogP contribution in [0.4, 0.5) is 0 Å². The van der Waals surface area contributed by atoms with Gasteiger partial charge in [0, 0.05) is 0 Å². The van der Waals surface area contributed by atoms with Crippen molar-refractivity contribution in [3.05, 3.63) is 0 Å². The van der Waals surface area contributed by atoms with Crippen molar-refractivity contribution in [1.82, 2.24) is 0 Å². The summed E-state index contributed by atoms with van der Waals surface area (Å²) < 4.78 is 23.0. The Hall–Kier alpha value is 0.0200. The molecule has 0 heterocycles. The van der Waals surface area contributed by atoms with E-state index in [-0.39, 0.29) is 0 Å². The Labute approximate surface area is 118 Å². The van der Waals surface area contributed by atoms with Crippen LogP contribution in [0.5, 0.6) is 0 Å². The Balaban J connectivity index is 0. The van der Waals surface area contributed by atoms with Gasteiger partial charge >= 0.3 is 15.6 Å². The fraction of sp³-hybridized carbons (Fsp3) is 1.00. The predicted molar refractivity (Wildman–Crippen MR) is 63.4 cm³/mol. The van der Waals surface area contributed by atoms with E-state index in [1.807, 2.05) is 0 Å². The molecule has 0 saturated heterocycles. The Morgan fingerprint density at radius 2 is 1.14 bits per heavy atom. The number of phosphoric acid groups is 2. The van der Waals surface area contributed by atoms with Crippen molar-refractivity contribution in [3.63, 3.8) is 0 Å². The number of aliphatic hydroxyl groups is 5. The number of aliphatic hydroxyl groups excluding tert-OH is 5. The second kappa shape index (κ2) is 9.92. The molecule has 0 aromatic carbocycles. The zero-order valence-corrected chi connectivity index (χ0v) is 12.1. The van der Waals surface area contributed by atoms with Crippen LogP contribution in [0.15, 0.2) is 0 Å². The standard InChI is InChI=1S/C6H15O9P.H3O4P/c7-1-3(8)5(10)6(11)4(9)2-15-16(12,13)14;1-5(2,3)4/h3-11H,1-2H2,(H2,12,13,14);(H3,1,2,3,4)/t3-,4-,5-,6-;/m1./s1. The lowest BCUT2D eigenvalue weighted by molar-refractivity contribution is -0.122. The molecule has 13 nitrogen and oxygen atoms in total. The molecule has 10 N–H and O–H groups in total. The quantitative estimate of drug-likeness (QED) is 0.193. The Morgan fingerprint density at radius 1 is 0.810 bits per heavy atom. The topological polar surface area (TPSA) is 246 Å². The van der Waals surface area contributed by atoms with Crippen LogP contribution >= 0.6 is 15.6 Å². The van der Waals surface area contributed by atoms with E-state index in [0.29, 0.717) is 0 Å². The molecule has 0 fully saturated rings. The van der Waals surface area contributed by atoms with Crippen LogP contribution < -0.4 is 0 Å². The van der Waals surface area contributed by atoms with Crippen molar-refractivity contribution in [2.24, 2.45) is 0 Å². The summed E-state index contributed by atoms with van der Waals surface area (Å²) >= 11 is 0. The van der Waals surface area contributed by atoms with Crippen LogP contribution in [0.25, 0.3) is 0 Å². The van der Waals surface area contributed by atoms with Crippen LogP contribution in [-0.2, 0) is 13.7 Å². The first-order valence-electron chi connectivity index (χ1n) is 5.00. The fourth-order valence-electron chi connectivity index (χ4n) is 0.835. The van der Waals surface area contributed by atoms with Crippen LogP contribution in [0.3, 0.4) is 0 Å². The Morgan fingerprint density at radius 3 is 1.43 bits per heavy atom. The highest BCUT2D eigenvalue weighted by Crippen LogP contribution is 2.35. The molecule has 0 aliphatic rings. The van der Waals surface area contributed by atoms with E-state index in [4.69, 9.17) is 49.5 Å². The molecule has 0 rings (SSSR count). The molecule has 0 amide bonds. The van der Waals surface area contributed by atoms with E-state index < -0.39 is 53.3 Å². The molecule has 4 atom stereocenters. The van der Waals surface area contributed by atoms with Gasteiger partial charge < -0.3 is 50.0 Å². The summed E-state index contributed by atoms with van der Waals surface area (Å²) in [5.41, 5.74) is 0. The molecular weight excluding hydrogens is 342 g/mol. The van der Waals surface area contributed by atoms with Gasteiger partial charge in [0.1, 0.15) is 24.4 Å². The number of rotatable bonds is 7. The van der Waals surface area contributed by atoms with E-state index in [9.17, 15) is 9.67 Å². The molecule has 15 heteroatoms. The first-order chi connectivity index (χ1) is 9.19. The predicted octanol–water partition coefficient (Wildman–Crippen LogP) is -4.40. The van der Waals surface area contributed by atoms with Crippen molar-refractivity contribution < 1.29 is 63.7 Å². The largest absolute Gasteiger partial charge is 0.469 e. The number of hydrogen-bond acceptors (Lipinski definition) is 8. The van der Waals surface area contributed by atoms with Gasteiger partial charge in [-0.3, -0.25) is 4.52 Å². The average molecular weight is 360 g/mol. The smallest absolute Gasteiger partial charge is 0.394 e. The van der Waals surface area contributed by atoms with Crippen molar-refractivity contribution in [3.8, 4) is 0 Å². The van der Waals surface area contributed by atoms with Gasteiger partial charge in [-0.1, -0.05) is 0 Å². The van der Waals surface area contributed by atoms with E-state index in [0.717, 1.165) is 0 Å². The maximum atomic E-state index is 10.2. The molecular formula is C6H18O13P2. The summed E-state index contributed by atoms with van der Waals surface area (Å²) in [6, 6.07) is 0. The molecule has 0 aromatic rings. The van der Waals surface area contributed by atoms with Crippen LogP contribution in [0.1, 0.15) is 0 Å². The molecule has 0 saturated carbocycles. The third kappa shape index (κ3) is 16.2. The molecule has 21 heavy (non-hydrogen) atoms. The van der Waals surface area contributed by atoms with Crippen molar-refractivity contribution in [2.45, 2.75) is 24.4 Å². The zero-order chi connectivity index (χ0) is 17.4. The lowest BCUT2D eigenvalue weighted by Gasteiger charge is -2.25. The lowest BCUT2D eigenvalue weighted by Crippen LogP contribution is -2.47. The van der Waals surface area contributed by atoms with Gasteiger partial charge in [-0.05, 0) is 0 Å². The highest BCUT2D eigenvalue weighted by molar-refractivity contribution is 7.46. The van der Waals surface area contributed by atoms with Crippen molar-refractivity contribution in [2.75, 3.05) is 13.2 Å². The minimum Gasteiger partial charge on any atom is -0.394 e. The molecule has 0 aliphatic heterocycles. The first kappa shape index (κ1) is 23.3. The zero-order valence-electron chi connectivity index (χ0n) is 10.3. The van der Waals surface area contributed by atoms with Crippen molar-refractivity contribution >= 4 is 15.6 Å². The van der Waals surface area contributed by atoms with E-state index in [1.54, 1.807) is 0 Å². The average Bonchev–Trinajstić information content (AvgIpc) is 2.30. The maximum Gasteiger partial charge on any atom is 0.469 e. The summed E-state index contributed by atoms with van der Waals surface area (Å²) in [4.78, 5) is 38.1. The third-order valence-electron chi connectivity index (χ3n) is 1.74. The molecule has 130 valence electrons. The summed E-state index contributed by atoms with van der Waals surface area (Å²) in [6.07, 6.45) is -7.27. The van der Waals surface area contributed by atoms with Gasteiger partial charge in [-0.15, -0.1) is 0 Å².